The molecule has 0 aliphatic carbocycles. The molecule has 0 fully saturated rings. The van der Waals surface area contributed by atoms with Gasteiger partial charge in [-0.1, -0.05) is 55.3 Å². The van der Waals surface area contributed by atoms with E-state index in [2.05, 4.69) is 53.4 Å². The number of fused-ring (bicyclic) bond motifs is 2. The number of ketones is 1. The van der Waals surface area contributed by atoms with Gasteiger partial charge in [-0.2, -0.15) is 0 Å². The highest BCUT2D eigenvalue weighted by Crippen LogP contribution is 2.29. The molecular formula is C28H26N4O2. The second-order valence-corrected chi connectivity index (χ2v) is 8.53. The van der Waals surface area contributed by atoms with Gasteiger partial charge in [0.2, 0.25) is 0 Å². The molecule has 5 aromatic rings. The van der Waals surface area contributed by atoms with Crippen LogP contribution in [0, 0.1) is 6.92 Å². The van der Waals surface area contributed by atoms with Crippen molar-refractivity contribution in [3.63, 3.8) is 0 Å². The highest BCUT2D eigenvalue weighted by molar-refractivity contribution is 6.21. The van der Waals surface area contributed by atoms with Crippen molar-refractivity contribution >= 4 is 33.8 Å². The average Bonchev–Trinajstić information content (AvgIpc) is 3.48. The molecule has 6 heteroatoms. The topological polar surface area (TPSA) is 79.8 Å². The number of aryl methyl sites for hydroxylation is 1. The van der Waals surface area contributed by atoms with Crippen LogP contribution in [0.15, 0.2) is 73.2 Å². The van der Waals surface area contributed by atoms with Gasteiger partial charge in [-0.15, -0.1) is 0 Å². The van der Waals surface area contributed by atoms with Crippen LogP contribution in [0.4, 0.5) is 4.79 Å². The number of nitrogens with zero attached hydrogens (tertiary/aromatic N) is 2. The Hall–Kier alpha value is -4.19. The van der Waals surface area contributed by atoms with E-state index >= 15 is 0 Å². The van der Waals surface area contributed by atoms with Crippen LogP contribution in [-0.2, 0) is 0 Å². The van der Waals surface area contributed by atoms with Crippen molar-refractivity contribution in [2.75, 3.05) is 6.54 Å². The molecule has 0 radical (unpaired) electrons. The summed E-state index contributed by atoms with van der Waals surface area (Å²) in [5.41, 5.74) is 5.68. The maximum atomic E-state index is 13.7. The van der Waals surface area contributed by atoms with Gasteiger partial charge in [0.25, 0.3) is 0 Å². The molecule has 3 heterocycles. The number of hydrogen-bond acceptors (Lipinski definition) is 3. The molecule has 6 nitrogen and oxygen atoms in total. The van der Waals surface area contributed by atoms with Crippen molar-refractivity contribution in [1.82, 2.24) is 19.9 Å². The zero-order valence-corrected chi connectivity index (χ0v) is 19.3. The molecule has 0 aliphatic rings. The molecule has 0 atom stereocenters. The van der Waals surface area contributed by atoms with Crippen LogP contribution in [0.2, 0.25) is 0 Å². The van der Waals surface area contributed by atoms with E-state index in [0.717, 1.165) is 34.7 Å². The second kappa shape index (κ2) is 8.98. The van der Waals surface area contributed by atoms with Crippen LogP contribution in [0.3, 0.4) is 0 Å². The molecule has 0 saturated heterocycles. The monoisotopic (exact) mass is 450 g/mol. The molecule has 3 aromatic heterocycles. The van der Waals surface area contributed by atoms with Crippen LogP contribution in [-0.4, -0.2) is 32.9 Å². The van der Waals surface area contributed by atoms with Crippen LogP contribution in [0.25, 0.3) is 33.1 Å². The number of nitrogens with one attached hydrogen (secondary N) is 2. The Morgan fingerprint density at radius 1 is 1.00 bits per heavy atom. The predicted octanol–water partition coefficient (Wildman–Crippen LogP) is 6.08. The molecule has 0 aliphatic heterocycles. The van der Waals surface area contributed by atoms with E-state index in [4.69, 9.17) is 0 Å². The normalized spacial score (nSPS) is 11.2. The van der Waals surface area contributed by atoms with Gasteiger partial charge in [0, 0.05) is 52.6 Å². The summed E-state index contributed by atoms with van der Waals surface area (Å²) in [5.74, 6) is -0.108. The Bertz CT molecular complexity index is 1510. The lowest BCUT2D eigenvalue weighted by Gasteiger charge is -2.08. The summed E-state index contributed by atoms with van der Waals surface area (Å²) in [5, 5.41) is 4.45. The maximum absolute atomic E-state index is 13.7. The van der Waals surface area contributed by atoms with Crippen molar-refractivity contribution in [2.45, 2.75) is 26.7 Å². The number of H-pyrrole nitrogens is 1. The van der Waals surface area contributed by atoms with Crippen molar-refractivity contribution in [3.05, 3.63) is 89.9 Å². The number of benzene rings is 2. The van der Waals surface area contributed by atoms with Gasteiger partial charge in [-0.05, 0) is 37.1 Å². The van der Waals surface area contributed by atoms with Crippen molar-refractivity contribution < 1.29 is 9.59 Å². The third kappa shape index (κ3) is 3.88. The van der Waals surface area contributed by atoms with E-state index in [1.807, 2.05) is 30.5 Å². The third-order valence-corrected chi connectivity index (χ3v) is 6.16. The third-order valence-electron chi connectivity index (χ3n) is 6.16. The Morgan fingerprint density at radius 3 is 2.62 bits per heavy atom. The van der Waals surface area contributed by atoms with Crippen LogP contribution >= 0.6 is 0 Å². The SMILES string of the molecule is CCCCNC(=O)n1ccc2c(C(=O)c3c[nH]c4ncc(-c5ccc(C)cc5)cc34)cccc21. The van der Waals surface area contributed by atoms with E-state index in [9.17, 15) is 9.59 Å². The number of pyridine rings is 1. The zero-order chi connectivity index (χ0) is 23.7. The van der Waals surface area contributed by atoms with E-state index in [1.165, 1.54) is 5.56 Å². The number of rotatable bonds is 6. The van der Waals surface area contributed by atoms with Gasteiger partial charge in [0.15, 0.2) is 5.78 Å². The molecule has 1 amide bonds. The summed E-state index contributed by atoms with van der Waals surface area (Å²) in [6.45, 7) is 4.76. The number of amides is 1. The molecule has 0 spiro atoms. The summed E-state index contributed by atoms with van der Waals surface area (Å²) in [7, 11) is 0. The average molecular weight is 451 g/mol. The van der Waals surface area contributed by atoms with E-state index in [-0.39, 0.29) is 11.8 Å². The number of hydrogen-bond donors (Lipinski definition) is 2. The van der Waals surface area contributed by atoms with Crippen LogP contribution < -0.4 is 5.32 Å². The Kier molecular flexibility index (Phi) is 5.72. The number of unbranched alkanes of at least 4 members (excludes halogenated alkanes) is 1. The minimum Gasteiger partial charge on any atom is -0.345 e. The lowest BCUT2D eigenvalue weighted by atomic mass is 9.98. The first-order valence-corrected chi connectivity index (χ1v) is 11.5. The molecule has 34 heavy (non-hydrogen) atoms. The summed E-state index contributed by atoms with van der Waals surface area (Å²) >= 11 is 0. The molecule has 2 N–H and O–H groups in total. The lowest BCUT2D eigenvalue weighted by Crippen LogP contribution is -2.28. The first kappa shape index (κ1) is 21.6. The van der Waals surface area contributed by atoms with Gasteiger partial charge in [0.05, 0.1) is 5.52 Å². The standard InChI is InChI=1S/C28H26N4O2/c1-3-4-13-29-28(34)32-14-12-21-22(6-5-7-25(21)32)26(33)24-17-31-27-23(24)15-20(16-30-27)19-10-8-18(2)9-11-19/h5-12,14-17H,3-4,13H2,1-2H3,(H,29,34)(H,30,31). The van der Waals surface area contributed by atoms with Crippen molar-refractivity contribution in [2.24, 2.45) is 0 Å². The summed E-state index contributed by atoms with van der Waals surface area (Å²) in [4.78, 5) is 33.9. The molecule has 170 valence electrons. The highest BCUT2D eigenvalue weighted by Gasteiger charge is 2.20. The number of aromatic nitrogens is 3. The van der Waals surface area contributed by atoms with E-state index < -0.39 is 0 Å². The van der Waals surface area contributed by atoms with Gasteiger partial charge >= 0.3 is 6.03 Å². The minimum atomic E-state index is -0.188. The molecular weight excluding hydrogens is 424 g/mol. The Labute approximate surface area is 197 Å². The van der Waals surface area contributed by atoms with Gasteiger partial charge in [0.1, 0.15) is 5.65 Å². The largest absolute Gasteiger partial charge is 0.345 e. The first-order valence-electron chi connectivity index (χ1n) is 11.5. The molecule has 2 aromatic carbocycles. The van der Waals surface area contributed by atoms with Gasteiger partial charge in [-0.25, -0.2) is 9.78 Å². The fraction of sp³-hybridized carbons (Fsp3) is 0.179. The van der Waals surface area contributed by atoms with Gasteiger partial charge in [-0.3, -0.25) is 9.36 Å². The summed E-state index contributed by atoms with van der Waals surface area (Å²) < 4.78 is 1.56. The Balaban J connectivity index is 1.52. The zero-order valence-electron chi connectivity index (χ0n) is 19.3. The fourth-order valence-electron chi connectivity index (χ4n) is 4.24. The fourth-order valence-corrected chi connectivity index (χ4v) is 4.24. The van der Waals surface area contributed by atoms with E-state index in [0.29, 0.717) is 28.8 Å². The summed E-state index contributed by atoms with van der Waals surface area (Å²) in [6, 6.07) is 17.4. The predicted molar refractivity (Wildman–Crippen MR) is 135 cm³/mol. The highest BCUT2D eigenvalue weighted by atomic mass is 16.2. The van der Waals surface area contributed by atoms with Crippen molar-refractivity contribution in [3.8, 4) is 11.1 Å². The Morgan fingerprint density at radius 2 is 1.82 bits per heavy atom. The smallest absolute Gasteiger partial charge is 0.326 e. The molecule has 0 bridgehead atoms. The number of carbonyl (C=O) groups excluding carboxylic acids is 2. The van der Waals surface area contributed by atoms with Crippen LogP contribution in [0.1, 0.15) is 41.3 Å². The molecule has 5 rings (SSSR count). The van der Waals surface area contributed by atoms with Crippen LogP contribution in [0.5, 0.6) is 0 Å². The molecule has 0 unspecified atom stereocenters. The minimum absolute atomic E-state index is 0.108. The summed E-state index contributed by atoms with van der Waals surface area (Å²) in [6.07, 6.45) is 7.18. The van der Waals surface area contributed by atoms with Crippen molar-refractivity contribution in [1.29, 1.82) is 0 Å². The maximum Gasteiger partial charge on any atom is 0.326 e. The number of carbonyl (C=O) groups is 2. The lowest BCUT2D eigenvalue weighted by molar-refractivity contribution is 0.104. The van der Waals surface area contributed by atoms with E-state index in [1.54, 1.807) is 23.0 Å². The quantitative estimate of drug-likeness (QED) is 0.243. The second-order valence-electron chi connectivity index (χ2n) is 8.53. The van der Waals surface area contributed by atoms with Gasteiger partial charge < -0.3 is 10.3 Å². The first-order chi connectivity index (χ1) is 16.6. The number of aromatic amines is 1. The molecule has 0 saturated carbocycles.